The Morgan fingerprint density at radius 2 is 1.93 bits per heavy atom. The summed E-state index contributed by atoms with van der Waals surface area (Å²) in [6.45, 7) is 1.73. The van der Waals surface area contributed by atoms with E-state index in [-0.39, 0.29) is 6.04 Å². The van der Waals surface area contributed by atoms with Gasteiger partial charge >= 0.3 is 0 Å². The van der Waals surface area contributed by atoms with E-state index in [0.29, 0.717) is 5.92 Å². The molecule has 0 radical (unpaired) electrons. The molecule has 1 atom stereocenters. The maximum atomic E-state index is 6.31. The van der Waals surface area contributed by atoms with Crippen LogP contribution in [0.3, 0.4) is 0 Å². The Morgan fingerprint density at radius 1 is 1.27 bits per heavy atom. The molecule has 0 aromatic heterocycles. The summed E-state index contributed by atoms with van der Waals surface area (Å²) in [4.78, 5) is 0. The average molecular weight is 317 g/mol. The van der Waals surface area contributed by atoms with Crippen molar-refractivity contribution in [1.29, 1.82) is 0 Å². The summed E-state index contributed by atoms with van der Waals surface area (Å²) < 4.78 is 6.63. The number of rotatable bonds is 2. The Labute approximate surface area is 104 Å². The Balaban J connectivity index is 2.12. The van der Waals surface area contributed by atoms with Gasteiger partial charge in [0.05, 0.1) is 0 Å². The zero-order valence-corrected chi connectivity index (χ0v) is 10.8. The van der Waals surface area contributed by atoms with E-state index in [2.05, 4.69) is 46.9 Å². The normalized spacial score (nSPS) is 20.1. The van der Waals surface area contributed by atoms with Crippen LogP contribution in [0.5, 0.6) is 0 Å². The van der Waals surface area contributed by atoms with Crippen LogP contribution < -0.4 is 5.73 Å². The van der Waals surface area contributed by atoms with Crippen molar-refractivity contribution < 1.29 is 4.74 Å². The maximum absolute atomic E-state index is 6.31. The molecule has 1 saturated heterocycles. The van der Waals surface area contributed by atoms with E-state index in [1.807, 2.05) is 0 Å². The third kappa shape index (κ3) is 2.71. The standard InChI is InChI=1S/C12H16INO/c13-11-4-2-1-3-10(11)12(14)9-5-7-15-8-6-9/h1-4,9,12H,5-8,14H2/t12-/m1/s1. The van der Waals surface area contributed by atoms with E-state index in [4.69, 9.17) is 10.5 Å². The Bertz CT molecular complexity index is 323. The summed E-state index contributed by atoms with van der Waals surface area (Å²) in [7, 11) is 0. The van der Waals surface area contributed by atoms with E-state index < -0.39 is 0 Å². The summed E-state index contributed by atoms with van der Waals surface area (Å²) in [5, 5.41) is 0. The zero-order valence-electron chi connectivity index (χ0n) is 8.66. The van der Waals surface area contributed by atoms with E-state index in [1.54, 1.807) is 0 Å². The van der Waals surface area contributed by atoms with Crippen LogP contribution in [0.2, 0.25) is 0 Å². The Kier molecular flexibility index (Phi) is 3.99. The lowest BCUT2D eigenvalue weighted by molar-refractivity contribution is 0.0583. The van der Waals surface area contributed by atoms with Crippen molar-refractivity contribution in [3.63, 3.8) is 0 Å². The topological polar surface area (TPSA) is 35.2 Å². The largest absolute Gasteiger partial charge is 0.381 e. The molecule has 82 valence electrons. The van der Waals surface area contributed by atoms with Crippen molar-refractivity contribution in [2.75, 3.05) is 13.2 Å². The van der Waals surface area contributed by atoms with Gasteiger partial charge in [-0.05, 0) is 53.0 Å². The van der Waals surface area contributed by atoms with Crippen molar-refractivity contribution in [3.05, 3.63) is 33.4 Å². The van der Waals surface area contributed by atoms with E-state index in [1.165, 1.54) is 9.13 Å². The number of ether oxygens (including phenoxy) is 1. The Hall–Kier alpha value is -0.130. The zero-order chi connectivity index (χ0) is 10.7. The van der Waals surface area contributed by atoms with Crippen LogP contribution in [0.4, 0.5) is 0 Å². The number of nitrogens with two attached hydrogens (primary N) is 1. The minimum Gasteiger partial charge on any atom is -0.381 e. The fourth-order valence-corrected chi connectivity index (χ4v) is 2.82. The summed E-state index contributed by atoms with van der Waals surface area (Å²) in [6, 6.07) is 8.55. The number of hydrogen-bond acceptors (Lipinski definition) is 2. The van der Waals surface area contributed by atoms with Crippen LogP contribution in [0, 0.1) is 9.49 Å². The molecule has 0 amide bonds. The quantitative estimate of drug-likeness (QED) is 0.851. The maximum Gasteiger partial charge on any atom is 0.0469 e. The summed E-state index contributed by atoms with van der Waals surface area (Å²) >= 11 is 2.36. The average Bonchev–Trinajstić information content (AvgIpc) is 2.30. The van der Waals surface area contributed by atoms with Gasteiger partial charge in [-0.15, -0.1) is 0 Å². The summed E-state index contributed by atoms with van der Waals surface area (Å²) in [5.41, 5.74) is 7.59. The molecular weight excluding hydrogens is 301 g/mol. The predicted molar refractivity (Wildman–Crippen MR) is 69.6 cm³/mol. The van der Waals surface area contributed by atoms with E-state index >= 15 is 0 Å². The lowest BCUT2D eigenvalue weighted by Crippen LogP contribution is -2.27. The second kappa shape index (κ2) is 5.27. The number of hydrogen-bond donors (Lipinski definition) is 1. The predicted octanol–water partition coefficient (Wildman–Crippen LogP) is 2.72. The monoisotopic (exact) mass is 317 g/mol. The molecule has 3 heteroatoms. The van der Waals surface area contributed by atoms with Gasteiger partial charge in [-0.2, -0.15) is 0 Å². The highest BCUT2D eigenvalue weighted by atomic mass is 127. The molecule has 15 heavy (non-hydrogen) atoms. The highest BCUT2D eigenvalue weighted by Crippen LogP contribution is 2.30. The first-order chi connectivity index (χ1) is 7.29. The van der Waals surface area contributed by atoms with Crippen LogP contribution in [-0.4, -0.2) is 13.2 Å². The van der Waals surface area contributed by atoms with Crippen LogP contribution in [0.15, 0.2) is 24.3 Å². The van der Waals surface area contributed by atoms with Gasteiger partial charge in [0.25, 0.3) is 0 Å². The first-order valence-electron chi connectivity index (χ1n) is 5.37. The van der Waals surface area contributed by atoms with Crippen molar-refractivity contribution in [1.82, 2.24) is 0 Å². The van der Waals surface area contributed by atoms with Crippen LogP contribution in [0.1, 0.15) is 24.4 Å². The van der Waals surface area contributed by atoms with Gasteiger partial charge < -0.3 is 10.5 Å². The van der Waals surface area contributed by atoms with E-state index in [0.717, 1.165) is 26.1 Å². The third-order valence-corrected chi connectivity index (χ3v) is 4.02. The molecule has 2 rings (SSSR count). The molecule has 2 N–H and O–H groups in total. The molecule has 1 aromatic rings. The summed E-state index contributed by atoms with van der Waals surface area (Å²) in [6.07, 6.45) is 2.18. The molecule has 1 heterocycles. The fourth-order valence-electron chi connectivity index (χ4n) is 2.07. The molecule has 0 unspecified atom stereocenters. The molecule has 0 saturated carbocycles. The highest BCUT2D eigenvalue weighted by Gasteiger charge is 2.23. The van der Waals surface area contributed by atoms with Crippen LogP contribution >= 0.6 is 22.6 Å². The third-order valence-electron chi connectivity index (χ3n) is 3.04. The van der Waals surface area contributed by atoms with Gasteiger partial charge in [0.15, 0.2) is 0 Å². The molecule has 1 aliphatic rings. The smallest absolute Gasteiger partial charge is 0.0469 e. The van der Waals surface area contributed by atoms with Crippen molar-refractivity contribution >= 4 is 22.6 Å². The molecule has 2 nitrogen and oxygen atoms in total. The second-order valence-corrected chi connectivity index (χ2v) is 5.16. The Morgan fingerprint density at radius 3 is 2.60 bits per heavy atom. The van der Waals surface area contributed by atoms with Crippen molar-refractivity contribution in [3.8, 4) is 0 Å². The minimum absolute atomic E-state index is 0.169. The van der Waals surface area contributed by atoms with Gasteiger partial charge in [0.2, 0.25) is 0 Å². The van der Waals surface area contributed by atoms with Crippen molar-refractivity contribution in [2.45, 2.75) is 18.9 Å². The second-order valence-electron chi connectivity index (χ2n) is 4.00. The summed E-state index contributed by atoms with van der Waals surface area (Å²) in [5.74, 6) is 0.578. The van der Waals surface area contributed by atoms with Gasteiger partial charge in [-0.25, -0.2) is 0 Å². The lowest BCUT2D eigenvalue weighted by atomic mass is 9.88. The van der Waals surface area contributed by atoms with Crippen LogP contribution in [-0.2, 0) is 4.74 Å². The minimum atomic E-state index is 0.169. The van der Waals surface area contributed by atoms with Gasteiger partial charge in [0, 0.05) is 22.8 Å². The van der Waals surface area contributed by atoms with Gasteiger partial charge in [0.1, 0.15) is 0 Å². The molecule has 1 aromatic carbocycles. The molecule has 0 spiro atoms. The molecule has 0 bridgehead atoms. The van der Waals surface area contributed by atoms with E-state index in [9.17, 15) is 0 Å². The van der Waals surface area contributed by atoms with Gasteiger partial charge in [-0.3, -0.25) is 0 Å². The highest BCUT2D eigenvalue weighted by molar-refractivity contribution is 14.1. The molecule has 1 aliphatic heterocycles. The first kappa shape index (κ1) is 11.4. The fraction of sp³-hybridized carbons (Fsp3) is 0.500. The lowest BCUT2D eigenvalue weighted by Gasteiger charge is -2.28. The molecular formula is C12H16INO. The number of benzene rings is 1. The van der Waals surface area contributed by atoms with Gasteiger partial charge in [-0.1, -0.05) is 18.2 Å². The van der Waals surface area contributed by atoms with Crippen LogP contribution in [0.25, 0.3) is 0 Å². The van der Waals surface area contributed by atoms with Crippen molar-refractivity contribution in [2.24, 2.45) is 11.7 Å². The molecule has 1 fully saturated rings. The number of halogens is 1. The first-order valence-corrected chi connectivity index (χ1v) is 6.44. The molecule has 0 aliphatic carbocycles. The SMILES string of the molecule is N[C@@H](c1ccccc1I)C1CCOCC1.